The van der Waals surface area contributed by atoms with Gasteiger partial charge in [-0.2, -0.15) is 0 Å². The molecule has 3 aromatic rings. The van der Waals surface area contributed by atoms with E-state index < -0.39 is 36.2 Å². The third kappa shape index (κ3) is 6.10. The van der Waals surface area contributed by atoms with Crippen molar-refractivity contribution in [1.29, 1.82) is 0 Å². The molecule has 1 heterocycles. The maximum absolute atomic E-state index is 13.8. The number of halogens is 3. The van der Waals surface area contributed by atoms with Gasteiger partial charge in [0.1, 0.15) is 24.7 Å². The molecule has 194 valence electrons. The topological polar surface area (TPSA) is 125 Å². The zero-order chi connectivity index (χ0) is 27.4. The summed E-state index contributed by atoms with van der Waals surface area (Å²) in [5.41, 5.74) is 1.00. The number of aromatic carboxylic acids is 1. The van der Waals surface area contributed by atoms with E-state index in [2.05, 4.69) is 10.6 Å². The van der Waals surface area contributed by atoms with Gasteiger partial charge in [0.25, 0.3) is 5.91 Å². The molecule has 12 heteroatoms. The molecule has 1 fully saturated rings. The smallest absolute Gasteiger partial charge is 0.335 e. The Morgan fingerprint density at radius 2 is 1.71 bits per heavy atom. The van der Waals surface area contributed by atoms with Crippen LogP contribution in [-0.2, 0) is 16.2 Å². The second-order valence-corrected chi connectivity index (χ2v) is 8.83. The van der Waals surface area contributed by atoms with E-state index in [4.69, 9.17) is 33.0 Å². The number of hydrogen-bond donors (Lipinski definition) is 3. The third-order valence-corrected chi connectivity index (χ3v) is 5.89. The molecular weight excluding hydrogens is 540 g/mol. The van der Waals surface area contributed by atoms with Gasteiger partial charge in [-0.25, -0.2) is 18.9 Å². The Kier molecular flexibility index (Phi) is 7.94. The summed E-state index contributed by atoms with van der Waals surface area (Å²) < 4.78 is 19.4. The van der Waals surface area contributed by atoms with Crippen molar-refractivity contribution >= 4 is 58.8 Å². The van der Waals surface area contributed by atoms with Gasteiger partial charge in [-0.1, -0.05) is 47.5 Å². The summed E-state index contributed by atoms with van der Waals surface area (Å²) >= 11 is 12.6. The number of carboxylic acid groups (broad SMARTS) is 1. The SMILES string of the molecule is O=C(CN1C(=O)N/C(=C/c2cc(Cl)c(OCc3ccc(C(=O)O)cc3)c(Cl)c2)C1=O)Nc1ccccc1F. The molecule has 1 aliphatic rings. The maximum Gasteiger partial charge on any atom is 0.335 e. The Morgan fingerprint density at radius 1 is 1.05 bits per heavy atom. The van der Waals surface area contributed by atoms with Crippen LogP contribution < -0.4 is 15.4 Å². The summed E-state index contributed by atoms with van der Waals surface area (Å²) in [5, 5.41) is 13.9. The van der Waals surface area contributed by atoms with Gasteiger partial charge in [-0.3, -0.25) is 9.59 Å². The lowest BCUT2D eigenvalue weighted by Crippen LogP contribution is -2.38. The summed E-state index contributed by atoms with van der Waals surface area (Å²) in [6.45, 7) is -0.559. The highest BCUT2D eigenvalue weighted by Crippen LogP contribution is 2.35. The zero-order valence-electron chi connectivity index (χ0n) is 19.3. The molecule has 0 atom stereocenters. The Labute approximate surface area is 225 Å². The lowest BCUT2D eigenvalue weighted by Gasteiger charge is -2.12. The second kappa shape index (κ2) is 11.3. The number of imide groups is 1. The van der Waals surface area contributed by atoms with Gasteiger partial charge in [0.15, 0.2) is 5.75 Å². The monoisotopic (exact) mass is 557 g/mol. The number of carbonyl (C=O) groups excluding carboxylic acids is 3. The largest absolute Gasteiger partial charge is 0.486 e. The van der Waals surface area contributed by atoms with Gasteiger partial charge in [0.2, 0.25) is 5.91 Å². The van der Waals surface area contributed by atoms with Gasteiger partial charge in [0.05, 0.1) is 21.3 Å². The summed E-state index contributed by atoms with van der Waals surface area (Å²) in [6.07, 6.45) is 1.33. The number of nitrogens with zero attached hydrogens (tertiary/aromatic N) is 1. The first-order valence-electron chi connectivity index (χ1n) is 11.0. The predicted octanol–water partition coefficient (Wildman–Crippen LogP) is 4.94. The van der Waals surface area contributed by atoms with E-state index in [0.29, 0.717) is 16.0 Å². The Hall–Kier alpha value is -4.41. The number of carbonyl (C=O) groups is 4. The predicted molar refractivity (Wildman–Crippen MR) is 137 cm³/mol. The summed E-state index contributed by atoms with van der Waals surface area (Å²) in [4.78, 5) is 48.9. The molecule has 4 rings (SSSR count). The average Bonchev–Trinajstić information content (AvgIpc) is 3.12. The van der Waals surface area contributed by atoms with Gasteiger partial charge in [-0.05, 0) is 53.6 Å². The first-order valence-corrected chi connectivity index (χ1v) is 11.7. The number of urea groups is 1. The molecule has 0 radical (unpaired) electrons. The highest BCUT2D eigenvalue weighted by atomic mass is 35.5. The van der Waals surface area contributed by atoms with Gasteiger partial charge < -0.3 is 20.5 Å². The number of rotatable bonds is 8. The van der Waals surface area contributed by atoms with Gasteiger partial charge in [-0.15, -0.1) is 0 Å². The quantitative estimate of drug-likeness (QED) is 0.266. The van der Waals surface area contributed by atoms with Crippen LogP contribution in [0.2, 0.25) is 10.0 Å². The zero-order valence-corrected chi connectivity index (χ0v) is 20.8. The molecule has 1 saturated heterocycles. The lowest BCUT2D eigenvalue weighted by molar-refractivity contribution is -0.127. The van der Waals surface area contributed by atoms with Crippen LogP contribution in [0.4, 0.5) is 14.9 Å². The van der Waals surface area contributed by atoms with Crippen LogP contribution >= 0.6 is 23.2 Å². The summed E-state index contributed by atoms with van der Waals surface area (Å²) in [5.74, 6) is -3.05. The van der Waals surface area contributed by atoms with E-state index in [0.717, 1.165) is 6.07 Å². The van der Waals surface area contributed by atoms with E-state index in [-0.39, 0.29) is 39.3 Å². The van der Waals surface area contributed by atoms with Crippen molar-refractivity contribution in [3.8, 4) is 5.75 Å². The molecule has 0 aromatic heterocycles. The van der Waals surface area contributed by atoms with Crippen LogP contribution in [0, 0.1) is 5.82 Å². The molecule has 0 aliphatic carbocycles. The molecule has 9 nitrogen and oxygen atoms in total. The van der Waals surface area contributed by atoms with E-state index in [9.17, 15) is 23.6 Å². The van der Waals surface area contributed by atoms with Crippen molar-refractivity contribution in [3.05, 3.63) is 98.9 Å². The standard InChI is InChI=1S/C26H18Cl2FN3O6/c27-17-9-15(10-18(28)23(17)38-13-14-5-7-16(8-6-14)25(35)36)11-21-24(34)32(26(37)31-21)12-22(33)30-20-4-2-1-3-19(20)29/h1-11H,12-13H2,(H,30,33)(H,31,37)(H,35,36)/b21-11+. The number of para-hydroxylation sites is 1. The second-order valence-electron chi connectivity index (χ2n) is 8.01. The fourth-order valence-corrected chi connectivity index (χ4v) is 4.09. The number of ether oxygens (including phenoxy) is 1. The fourth-order valence-electron chi connectivity index (χ4n) is 3.48. The van der Waals surface area contributed by atoms with Crippen molar-refractivity contribution in [2.24, 2.45) is 0 Å². The highest BCUT2D eigenvalue weighted by Gasteiger charge is 2.35. The van der Waals surface area contributed by atoms with Crippen molar-refractivity contribution in [2.45, 2.75) is 6.61 Å². The van der Waals surface area contributed by atoms with Crippen LogP contribution in [0.1, 0.15) is 21.5 Å². The maximum atomic E-state index is 13.8. The Balaban J connectivity index is 1.43. The van der Waals surface area contributed by atoms with Crippen LogP contribution in [0.3, 0.4) is 0 Å². The minimum atomic E-state index is -1.04. The normalized spacial score (nSPS) is 14.0. The van der Waals surface area contributed by atoms with Crippen LogP contribution in [0.15, 0.2) is 66.4 Å². The molecule has 3 N–H and O–H groups in total. The number of amides is 4. The Bertz CT molecular complexity index is 1450. The van der Waals surface area contributed by atoms with E-state index in [1.807, 2.05) is 0 Å². The van der Waals surface area contributed by atoms with E-state index in [1.54, 1.807) is 12.1 Å². The van der Waals surface area contributed by atoms with E-state index >= 15 is 0 Å². The molecule has 0 unspecified atom stereocenters. The number of nitrogens with one attached hydrogen (secondary N) is 2. The van der Waals surface area contributed by atoms with Crippen LogP contribution in [0.25, 0.3) is 6.08 Å². The molecule has 0 saturated carbocycles. The van der Waals surface area contributed by atoms with Gasteiger partial charge in [0, 0.05) is 0 Å². The van der Waals surface area contributed by atoms with Crippen molar-refractivity contribution < 1.29 is 33.4 Å². The number of carboxylic acids is 1. The van der Waals surface area contributed by atoms with Crippen LogP contribution in [-0.4, -0.2) is 40.4 Å². The average molecular weight is 558 g/mol. The summed E-state index contributed by atoms with van der Waals surface area (Å²) in [6, 6.07) is 13.7. The minimum absolute atomic E-state index is 0.0677. The highest BCUT2D eigenvalue weighted by molar-refractivity contribution is 6.37. The van der Waals surface area contributed by atoms with Crippen LogP contribution in [0.5, 0.6) is 5.75 Å². The molecule has 0 bridgehead atoms. The van der Waals surface area contributed by atoms with Crippen molar-refractivity contribution in [1.82, 2.24) is 10.2 Å². The number of anilines is 1. The number of benzene rings is 3. The van der Waals surface area contributed by atoms with Crippen molar-refractivity contribution in [3.63, 3.8) is 0 Å². The first-order chi connectivity index (χ1) is 18.1. The van der Waals surface area contributed by atoms with E-state index in [1.165, 1.54) is 48.5 Å². The Morgan fingerprint density at radius 3 is 2.34 bits per heavy atom. The molecule has 1 aliphatic heterocycles. The van der Waals surface area contributed by atoms with Gasteiger partial charge >= 0.3 is 12.0 Å². The molecule has 0 spiro atoms. The first kappa shape index (κ1) is 26.6. The molecule has 4 amide bonds. The van der Waals surface area contributed by atoms with Crippen molar-refractivity contribution in [2.75, 3.05) is 11.9 Å². The number of hydrogen-bond acceptors (Lipinski definition) is 5. The third-order valence-electron chi connectivity index (χ3n) is 5.33. The minimum Gasteiger partial charge on any atom is -0.486 e. The molecular formula is C26H18Cl2FN3O6. The molecule has 38 heavy (non-hydrogen) atoms. The molecule has 3 aromatic carbocycles. The lowest BCUT2D eigenvalue weighted by atomic mass is 10.1. The fraction of sp³-hybridized carbons (Fsp3) is 0.0769. The summed E-state index contributed by atoms with van der Waals surface area (Å²) in [7, 11) is 0.